The summed E-state index contributed by atoms with van der Waals surface area (Å²) in [6, 6.07) is 0. The van der Waals surface area contributed by atoms with Crippen molar-refractivity contribution in [3.8, 4) is 0 Å². The number of halogens is 1. The molecule has 0 atom stereocenters. The van der Waals surface area contributed by atoms with Crippen LogP contribution in [0.3, 0.4) is 0 Å². The molecule has 0 saturated heterocycles. The van der Waals surface area contributed by atoms with Gasteiger partial charge in [0.1, 0.15) is 10.4 Å². The molecule has 0 N–H and O–H groups in total. The van der Waals surface area contributed by atoms with Gasteiger partial charge in [0.2, 0.25) is 0 Å². The Morgan fingerprint density at radius 3 is 2.33 bits per heavy atom. The van der Waals surface area contributed by atoms with Gasteiger partial charge >= 0.3 is 0 Å². The Morgan fingerprint density at radius 1 is 1.33 bits per heavy atom. The first-order valence-corrected chi connectivity index (χ1v) is 4.70. The van der Waals surface area contributed by atoms with Crippen LogP contribution in [0.4, 0.5) is 0 Å². The molecule has 0 aliphatic heterocycles. The maximum Gasteiger partial charge on any atom is 0.134 e. The van der Waals surface area contributed by atoms with Gasteiger partial charge in [-0.1, -0.05) is 20.8 Å². The minimum absolute atomic E-state index is 0.0240. The summed E-state index contributed by atoms with van der Waals surface area (Å²) >= 11 is 3.39. The first-order valence-electron chi connectivity index (χ1n) is 3.91. The average molecular weight is 229 g/mol. The van der Waals surface area contributed by atoms with Crippen LogP contribution < -0.4 is 0 Å². The molecule has 0 amide bonds. The van der Waals surface area contributed by atoms with Crippen molar-refractivity contribution in [2.75, 3.05) is 0 Å². The number of nitrogens with zero attached hydrogens (tertiary/aromatic N) is 2. The van der Waals surface area contributed by atoms with E-state index in [2.05, 4.69) is 46.7 Å². The Morgan fingerprint density at radius 2 is 1.92 bits per heavy atom. The van der Waals surface area contributed by atoms with Crippen molar-refractivity contribution in [1.82, 2.24) is 9.97 Å². The second kappa shape index (κ2) is 3.13. The topological polar surface area (TPSA) is 25.8 Å². The summed E-state index contributed by atoms with van der Waals surface area (Å²) in [5.74, 6) is 0.875. The monoisotopic (exact) mass is 228 g/mol. The van der Waals surface area contributed by atoms with Gasteiger partial charge in [-0.25, -0.2) is 9.97 Å². The smallest absolute Gasteiger partial charge is 0.134 e. The second-order valence-corrected chi connectivity index (χ2v) is 4.67. The number of aromatic nitrogens is 2. The molecule has 0 unspecified atom stereocenters. The van der Waals surface area contributed by atoms with Crippen molar-refractivity contribution >= 4 is 15.9 Å². The predicted octanol–water partition coefficient (Wildman–Crippen LogP) is 2.85. The second-order valence-electron chi connectivity index (χ2n) is 3.92. The molecule has 0 bridgehead atoms. The van der Waals surface area contributed by atoms with Crippen molar-refractivity contribution < 1.29 is 0 Å². The van der Waals surface area contributed by atoms with E-state index in [0.29, 0.717) is 0 Å². The SMILES string of the molecule is Cc1cnc(C(C)(C)C)nc1Br. The van der Waals surface area contributed by atoms with E-state index in [1.807, 2.05) is 13.1 Å². The Labute approximate surface area is 81.6 Å². The average Bonchev–Trinajstić information content (AvgIpc) is 1.92. The van der Waals surface area contributed by atoms with Crippen LogP contribution in [0.15, 0.2) is 10.8 Å². The minimum atomic E-state index is 0.0240. The molecule has 1 heterocycles. The molecule has 1 rings (SSSR count). The van der Waals surface area contributed by atoms with Crippen LogP contribution in [0.25, 0.3) is 0 Å². The molecule has 1 aromatic rings. The summed E-state index contributed by atoms with van der Waals surface area (Å²) in [6.07, 6.45) is 1.84. The number of hydrogen-bond donors (Lipinski definition) is 0. The van der Waals surface area contributed by atoms with Gasteiger partial charge in [-0.05, 0) is 22.9 Å². The number of aryl methyl sites for hydroxylation is 1. The van der Waals surface area contributed by atoms with Gasteiger partial charge in [0.25, 0.3) is 0 Å². The largest absolute Gasteiger partial charge is 0.240 e. The molecule has 0 saturated carbocycles. The summed E-state index contributed by atoms with van der Waals surface area (Å²) in [5, 5.41) is 0. The Hall–Kier alpha value is -0.440. The molecule has 66 valence electrons. The van der Waals surface area contributed by atoms with Gasteiger partial charge in [0.15, 0.2) is 0 Å². The van der Waals surface area contributed by atoms with E-state index in [0.717, 1.165) is 16.0 Å². The highest BCUT2D eigenvalue weighted by atomic mass is 79.9. The van der Waals surface area contributed by atoms with Crippen molar-refractivity contribution in [3.63, 3.8) is 0 Å². The highest BCUT2D eigenvalue weighted by Crippen LogP contribution is 2.20. The van der Waals surface area contributed by atoms with Crippen molar-refractivity contribution in [1.29, 1.82) is 0 Å². The Balaban J connectivity index is 3.14. The van der Waals surface area contributed by atoms with Gasteiger partial charge in [-0.3, -0.25) is 0 Å². The van der Waals surface area contributed by atoms with Gasteiger partial charge in [0.05, 0.1) is 0 Å². The third-order valence-electron chi connectivity index (χ3n) is 1.58. The summed E-state index contributed by atoms with van der Waals surface area (Å²) in [4.78, 5) is 8.62. The fourth-order valence-corrected chi connectivity index (χ4v) is 1.05. The van der Waals surface area contributed by atoms with Crippen LogP contribution in [-0.4, -0.2) is 9.97 Å². The van der Waals surface area contributed by atoms with E-state index in [9.17, 15) is 0 Å². The molecule has 2 nitrogen and oxygen atoms in total. The third kappa shape index (κ3) is 2.03. The summed E-state index contributed by atoms with van der Waals surface area (Å²) in [6.45, 7) is 8.29. The number of hydrogen-bond acceptors (Lipinski definition) is 2. The van der Waals surface area contributed by atoms with Gasteiger partial charge < -0.3 is 0 Å². The number of rotatable bonds is 0. The summed E-state index contributed by atoms with van der Waals surface area (Å²) in [5.41, 5.74) is 1.10. The summed E-state index contributed by atoms with van der Waals surface area (Å²) in [7, 11) is 0. The van der Waals surface area contributed by atoms with Crippen LogP contribution >= 0.6 is 15.9 Å². The molecular formula is C9H13BrN2. The van der Waals surface area contributed by atoms with Crippen LogP contribution in [0.2, 0.25) is 0 Å². The van der Waals surface area contributed by atoms with Gasteiger partial charge in [-0.15, -0.1) is 0 Å². The lowest BCUT2D eigenvalue weighted by Gasteiger charge is -2.16. The molecule has 0 radical (unpaired) electrons. The normalized spacial score (nSPS) is 11.8. The minimum Gasteiger partial charge on any atom is -0.240 e. The first kappa shape index (κ1) is 9.65. The molecule has 0 aliphatic carbocycles. The van der Waals surface area contributed by atoms with Crippen molar-refractivity contribution in [2.45, 2.75) is 33.1 Å². The maximum absolute atomic E-state index is 4.35. The van der Waals surface area contributed by atoms with Crippen LogP contribution in [0.5, 0.6) is 0 Å². The lowest BCUT2D eigenvalue weighted by atomic mass is 9.96. The van der Waals surface area contributed by atoms with E-state index in [-0.39, 0.29) is 5.41 Å². The molecule has 1 aromatic heterocycles. The molecule has 3 heteroatoms. The van der Waals surface area contributed by atoms with E-state index in [1.165, 1.54) is 0 Å². The van der Waals surface area contributed by atoms with Crippen LogP contribution in [0.1, 0.15) is 32.2 Å². The molecule has 0 spiro atoms. The fraction of sp³-hybridized carbons (Fsp3) is 0.556. The summed E-state index contributed by atoms with van der Waals surface area (Å²) < 4.78 is 0.891. The first-order chi connectivity index (χ1) is 5.41. The molecule has 0 fully saturated rings. The molecule has 0 aromatic carbocycles. The van der Waals surface area contributed by atoms with Crippen LogP contribution in [-0.2, 0) is 5.41 Å². The zero-order valence-electron chi connectivity index (χ0n) is 7.85. The van der Waals surface area contributed by atoms with E-state index >= 15 is 0 Å². The van der Waals surface area contributed by atoms with E-state index in [1.54, 1.807) is 0 Å². The molecular weight excluding hydrogens is 216 g/mol. The quantitative estimate of drug-likeness (QED) is 0.639. The lowest BCUT2D eigenvalue weighted by Crippen LogP contribution is -2.16. The Kier molecular flexibility index (Phi) is 2.52. The molecule has 0 aliphatic rings. The van der Waals surface area contributed by atoms with Gasteiger partial charge in [0, 0.05) is 17.2 Å². The lowest BCUT2D eigenvalue weighted by molar-refractivity contribution is 0.542. The van der Waals surface area contributed by atoms with Crippen LogP contribution in [0, 0.1) is 6.92 Å². The van der Waals surface area contributed by atoms with Gasteiger partial charge in [-0.2, -0.15) is 0 Å². The highest BCUT2D eigenvalue weighted by Gasteiger charge is 2.17. The van der Waals surface area contributed by atoms with E-state index < -0.39 is 0 Å². The van der Waals surface area contributed by atoms with E-state index in [4.69, 9.17) is 0 Å². The predicted molar refractivity (Wildman–Crippen MR) is 53.2 cm³/mol. The third-order valence-corrected chi connectivity index (χ3v) is 2.38. The fourth-order valence-electron chi connectivity index (χ4n) is 0.783. The Bertz CT molecular complexity index is 289. The zero-order chi connectivity index (χ0) is 9.35. The standard InChI is InChI=1S/C9H13BrN2/c1-6-5-11-8(9(2,3)4)12-7(6)10/h5H,1-4H3. The van der Waals surface area contributed by atoms with Crippen molar-refractivity contribution in [3.05, 3.63) is 22.2 Å². The highest BCUT2D eigenvalue weighted by molar-refractivity contribution is 9.10. The van der Waals surface area contributed by atoms with Crippen molar-refractivity contribution in [2.24, 2.45) is 0 Å². The molecule has 12 heavy (non-hydrogen) atoms. The zero-order valence-corrected chi connectivity index (χ0v) is 9.44. The maximum atomic E-state index is 4.35.